The van der Waals surface area contributed by atoms with Crippen molar-refractivity contribution in [3.05, 3.63) is 40.7 Å². The van der Waals surface area contributed by atoms with Crippen LogP contribution in [0.15, 0.2) is 30.3 Å². The van der Waals surface area contributed by atoms with Gasteiger partial charge in [-0.2, -0.15) is 5.90 Å². The molecule has 6 heteroatoms. The van der Waals surface area contributed by atoms with Gasteiger partial charge in [0.15, 0.2) is 5.69 Å². The van der Waals surface area contributed by atoms with Crippen LogP contribution >= 0.6 is 0 Å². The predicted octanol–water partition coefficient (Wildman–Crippen LogP) is -2.20. The van der Waals surface area contributed by atoms with E-state index >= 15 is 0 Å². The summed E-state index contributed by atoms with van der Waals surface area (Å²) in [5, 5.41) is 19.8. The van der Waals surface area contributed by atoms with Gasteiger partial charge < -0.3 is 10.4 Å². The van der Waals surface area contributed by atoms with Crippen LogP contribution in [0.1, 0.15) is 0 Å². The number of hydrogen-bond acceptors (Lipinski definition) is 4. The summed E-state index contributed by atoms with van der Waals surface area (Å²) in [6.07, 6.45) is 0. The summed E-state index contributed by atoms with van der Waals surface area (Å²) in [5.74, 6) is 4.54. The van der Waals surface area contributed by atoms with Crippen LogP contribution in [0.5, 0.6) is 0 Å². The van der Waals surface area contributed by atoms with Gasteiger partial charge in [-0.05, 0) is 0 Å². The van der Waals surface area contributed by atoms with Crippen LogP contribution in [0.25, 0.3) is 0 Å². The number of rotatable bonds is 3. The van der Waals surface area contributed by atoms with Crippen molar-refractivity contribution in [2.75, 3.05) is 0 Å². The van der Waals surface area contributed by atoms with Gasteiger partial charge in [0.05, 0.1) is 0 Å². The summed E-state index contributed by atoms with van der Waals surface area (Å²) in [6, 6.07) is 8.07. The molecule has 1 aromatic carbocycles. The molecule has 0 bridgehead atoms. The molecule has 0 saturated carbocycles. The van der Waals surface area contributed by atoms with Crippen LogP contribution in [0.4, 0.5) is 5.69 Å². The summed E-state index contributed by atoms with van der Waals surface area (Å²) in [6.45, 7) is 0. The van der Waals surface area contributed by atoms with Crippen molar-refractivity contribution in [2.45, 2.75) is 0 Å². The molecule has 0 aliphatic carbocycles. The van der Waals surface area contributed by atoms with Gasteiger partial charge in [-0.1, -0.05) is 28.5 Å². The molecule has 2 atom stereocenters. The Bertz CT molecular complexity index is 231. The third kappa shape index (κ3) is 1.98. The van der Waals surface area contributed by atoms with Gasteiger partial charge in [-0.3, -0.25) is 0 Å². The van der Waals surface area contributed by atoms with Gasteiger partial charge in [0.25, 0.3) is 0 Å². The molecule has 0 fully saturated rings. The van der Waals surface area contributed by atoms with Crippen molar-refractivity contribution < 1.29 is 15.4 Å². The van der Waals surface area contributed by atoms with Gasteiger partial charge >= 0.3 is 0 Å². The maximum Gasteiger partial charge on any atom is 0.182 e. The predicted molar refractivity (Wildman–Crippen MR) is 40.0 cm³/mol. The lowest BCUT2D eigenvalue weighted by molar-refractivity contribution is -1.52. The number of hydrogen-bond donors (Lipinski definition) is 3. The van der Waals surface area contributed by atoms with E-state index < -0.39 is 10.5 Å². The van der Waals surface area contributed by atoms with Crippen molar-refractivity contribution in [1.29, 1.82) is 0 Å². The van der Waals surface area contributed by atoms with Crippen LogP contribution < -0.4 is 16.4 Å². The molecule has 1 rings (SSSR count). The molecular formula is C6H9N3O3. The molecule has 0 spiro atoms. The molecular weight excluding hydrogens is 162 g/mol. The lowest BCUT2D eigenvalue weighted by atomic mass is 10.3. The second-order valence-electron chi connectivity index (χ2n) is 2.10. The monoisotopic (exact) mass is 171 g/mol. The number of nitrogens with two attached hydrogens (primary N) is 1. The van der Waals surface area contributed by atoms with Crippen LogP contribution in [-0.4, -0.2) is 0 Å². The Hall–Kier alpha value is -1.02. The fraction of sp³-hybridized carbons (Fsp3) is 0. The van der Waals surface area contributed by atoms with Crippen LogP contribution in [0.2, 0.25) is 0 Å². The normalized spacial score (nSPS) is 15.6. The number of nitrogens with one attached hydrogen (secondary N) is 2. The molecule has 0 aromatic heterocycles. The standard InChI is InChI=1S/C6H9N3O3/c7-12-9(11)8(10)6-4-2-1-3-5-6/h1-5,8-9H,7H2. The van der Waals surface area contributed by atoms with Crippen molar-refractivity contribution in [3.8, 4) is 0 Å². The van der Waals surface area contributed by atoms with Crippen LogP contribution in [-0.2, 0) is 4.94 Å². The average Bonchev–Trinajstić information content (AvgIpc) is 2.17. The Morgan fingerprint density at radius 3 is 2.25 bits per heavy atom. The van der Waals surface area contributed by atoms with Gasteiger partial charge in [0.1, 0.15) is 0 Å². The van der Waals surface area contributed by atoms with E-state index in [1.165, 1.54) is 12.1 Å². The zero-order valence-electron chi connectivity index (χ0n) is 6.19. The van der Waals surface area contributed by atoms with E-state index in [0.29, 0.717) is 0 Å². The maximum atomic E-state index is 11.0. The number of quaternary nitrogens is 2. The van der Waals surface area contributed by atoms with E-state index in [2.05, 4.69) is 10.8 Å². The Balaban J connectivity index is 2.71. The summed E-state index contributed by atoms with van der Waals surface area (Å²) in [7, 11) is 0. The molecule has 12 heavy (non-hydrogen) atoms. The number of benzene rings is 1. The van der Waals surface area contributed by atoms with Crippen LogP contribution in [0.3, 0.4) is 0 Å². The summed E-state index contributed by atoms with van der Waals surface area (Å²) >= 11 is 0. The maximum absolute atomic E-state index is 11.0. The molecule has 1 aromatic rings. The van der Waals surface area contributed by atoms with E-state index in [4.69, 9.17) is 0 Å². The molecule has 0 heterocycles. The van der Waals surface area contributed by atoms with E-state index in [1.54, 1.807) is 18.2 Å². The Kier molecular flexibility index (Phi) is 3.11. The third-order valence-corrected chi connectivity index (χ3v) is 1.33. The largest absolute Gasteiger partial charge is 0.576 e. The lowest BCUT2D eigenvalue weighted by Gasteiger charge is -2.26. The summed E-state index contributed by atoms with van der Waals surface area (Å²) in [5.41, 5.74) is 0.271. The third-order valence-electron chi connectivity index (χ3n) is 1.33. The lowest BCUT2D eigenvalue weighted by Crippen LogP contribution is -3.53. The molecule has 2 unspecified atom stereocenters. The van der Waals surface area contributed by atoms with E-state index in [1.807, 2.05) is 0 Å². The van der Waals surface area contributed by atoms with Crippen molar-refractivity contribution in [1.82, 2.24) is 0 Å². The van der Waals surface area contributed by atoms with Gasteiger partial charge in [-0.25, -0.2) is 0 Å². The zero-order chi connectivity index (χ0) is 8.97. The highest BCUT2D eigenvalue weighted by molar-refractivity contribution is 5.27. The highest BCUT2D eigenvalue weighted by Gasteiger charge is 2.07. The van der Waals surface area contributed by atoms with Crippen LogP contribution in [0, 0.1) is 10.4 Å². The average molecular weight is 171 g/mol. The molecule has 6 nitrogen and oxygen atoms in total. The molecule has 0 saturated heterocycles. The second kappa shape index (κ2) is 4.12. The molecule has 4 N–H and O–H groups in total. The van der Waals surface area contributed by atoms with Crippen molar-refractivity contribution in [2.24, 2.45) is 5.90 Å². The Morgan fingerprint density at radius 2 is 1.75 bits per heavy atom. The molecule has 0 amide bonds. The summed E-state index contributed by atoms with van der Waals surface area (Å²) in [4.78, 5) is 3.78. The highest BCUT2D eigenvalue weighted by atomic mass is 17.0. The molecule has 0 aliphatic heterocycles. The molecule has 66 valence electrons. The summed E-state index contributed by atoms with van der Waals surface area (Å²) < 4.78 is 0. The fourth-order valence-electron chi connectivity index (χ4n) is 0.761. The first kappa shape index (κ1) is 9.07. The molecule has 0 radical (unpaired) electrons. The Labute approximate surface area is 68.8 Å². The quantitative estimate of drug-likeness (QED) is 0.450. The first-order valence-electron chi connectivity index (χ1n) is 3.26. The van der Waals surface area contributed by atoms with E-state index in [-0.39, 0.29) is 5.69 Å². The van der Waals surface area contributed by atoms with E-state index in [9.17, 15) is 10.4 Å². The minimum Gasteiger partial charge on any atom is -0.576 e. The fourth-order valence-corrected chi connectivity index (χ4v) is 0.761. The topological polar surface area (TPSA) is 90.2 Å². The van der Waals surface area contributed by atoms with Gasteiger partial charge in [0, 0.05) is 12.1 Å². The SMILES string of the molecule is NO[NH+]([O-])[NH+]([O-])c1ccccc1. The van der Waals surface area contributed by atoms with Gasteiger partial charge in [-0.15, -0.1) is 5.17 Å². The molecule has 0 aliphatic rings. The van der Waals surface area contributed by atoms with Gasteiger partial charge in [0.2, 0.25) is 0 Å². The van der Waals surface area contributed by atoms with E-state index in [0.717, 1.165) is 0 Å². The Morgan fingerprint density at radius 1 is 1.17 bits per heavy atom. The highest BCUT2D eigenvalue weighted by Crippen LogP contribution is 1.95. The van der Waals surface area contributed by atoms with Crippen molar-refractivity contribution in [3.63, 3.8) is 0 Å². The first-order valence-corrected chi connectivity index (χ1v) is 3.26. The smallest absolute Gasteiger partial charge is 0.182 e. The second-order valence-corrected chi connectivity index (χ2v) is 2.10. The zero-order valence-corrected chi connectivity index (χ0v) is 6.19. The minimum atomic E-state index is -1.05. The number of para-hydroxylation sites is 1. The minimum absolute atomic E-state index is 0.271. The van der Waals surface area contributed by atoms with Crippen molar-refractivity contribution >= 4 is 5.69 Å². The first-order chi connectivity index (χ1) is 5.75.